The van der Waals surface area contributed by atoms with Gasteiger partial charge in [-0.25, -0.2) is 0 Å². The van der Waals surface area contributed by atoms with Crippen molar-refractivity contribution >= 4 is 18.1 Å². The molecule has 0 fully saturated rings. The van der Waals surface area contributed by atoms with Gasteiger partial charge in [0.05, 0.1) is 7.11 Å². The molecule has 0 aliphatic rings. The van der Waals surface area contributed by atoms with Crippen LogP contribution in [0.3, 0.4) is 0 Å². The molecule has 1 rings (SSSR count). The first-order valence-corrected chi connectivity index (χ1v) is 2.72. The van der Waals surface area contributed by atoms with E-state index in [1.54, 1.807) is 19.2 Å². The van der Waals surface area contributed by atoms with Crippen molar-refractivity contribution < 1.29 is 4.74 Å². The largest absolute Gasteiger partial charge is 0.497 e. The molecule has 0 bridgehead atoms. The first kappa shape index (κ1) is 9.11. The number of benzene rings is 1. The summed E-state index contributed by atoms with van der Waals surface area (Å²) < 4.78 is 4.91. The lowest BCUT2D eigenvalue weighted by Gasteiger charge is -1.97. The highest BCUT2D eigenvalue weighted by Crippen LogP contribution is 2.11. The van der Waals surface area contributed by atoms with E-state index in [2.05, 4.69) is 0 Å². The van der Waals surface area contributed by atoms with Gasteiger partial charge in [-0.2, -0.15) is 0 Å². The first-order valence-electron chi connectivity index (χ1n) is 2.72. The summed E-state index contributed by atoms with van der Waals surface area (Å²) in [6, 6.07) is 7.27. The van der Waals surface area contributed by atoms with E-state index in [0.717, 1.165) is 11.4 Å². The fourth-order valence-electron chi connectivity index (χ4n) is 0.604. The van der Waals surface area contributed by atoms with Crippen molar-refractivity contribution in [2.45, 2.75) is 0 Å². The second-order valence-corrected chi connectivity index (χ2v) is 1.77. The molecule has 10 heavy (non-hydrogen) atoms. The molecule has 3 heteroatoms. The third-order valence-corrected chi connectivity index (χ3v) is 1.12. The molecule has 1 aromatic rings. The third-order valence-electron chi connectivity index (χ3n) is 1.12. The van der Waals surface area contributed by atoms with Crippen LogP contribution in [-0.2, 0) is 0 Å². The van der Waals surface area contributed by atoms with E-state index >= 15 is 0 Å². The number of hydrogen-bond donors (Lipinski definition) is 1. The fraction of sp³-hybridized carbons (Fsp3) is 0.143. The normalized spacial score (nSPS) is 8.10. The molecule has 0 heterocycles. The smallest absolute Gasteiger partial charge is 0.119 e. The molecule has 0 spiro atoms. The van der Waals surface area contributed by atoms with Crippen LogP contribution in [0, 0.1) is 0 Å². The maximum absolute atomic E-state index is 5.43. The van der Waals surface area contributed by atoms with Gasteiger partial charge in [0, 0.05) is 5.69 Å². The van der Waals surface area contributed by atoms with Crippen molar-refractivity contribution in [3.63, 3.8) is 0 Å². The molecule has 0 radical (unpaired) electrons. The Hall–Kier alpha value is -0.890. The minimum Gasteiger partial charge on any atom is -0.497 e. The number of rotatable bonds is 1. The highest BCUT2D eigenvalue weighted by Gasteiger charge is 1.85. The molecule has 1 aromatic carbocycles. The van der Waals surface area contributed by atoms with Crippen molar-refractivity contribution in [1.29, 1.82) is 0 Å². The minimum absolute atomic E-state index is 0. The van der Waals surface area contributed by atoms with Gasteiger partial charge >= 0.3 is 0 Å². The van der Waals surface area contributed by atoms with Crippen LogP contribution in [0.1, 0.15) is 0 Å². The SMILES string of the molecule is COc1ccc(N)cc1.Cl. The monoisotopic (exact) mass is 159 g/mol. The second kappa shape index (κ2) is 4.01. The fourth-order valence-corrected chi connectivity index (χ4v) is 0.604. The summed E-state index contributed by atoms with van der Waals surface area (Å²) in [6.07, 6.45) is 0. The van der Waals surface area contributed by atoms with Crippen LogP contribution in [0.15, 0.2) is 24.3 Å². The number of nitrogens with two attached hydrogens (primary N) is 1. The number of halogens is 1. The molecule has 0 saturated carbocycles. The summed E-state index contributed by atoms with van der Waals surface area (Å²) in [4.78, 5) is 0. The maximum atomic E-state index is 5.43. The predicted octanol–water partition coefficient (Wildman–Crippen LogP) is 1.70. The lowest BCUT2D eigenvalue weighted by molar-refractivity contribution is 0.415. The summed E-state index contributed by atoms with van der Waals surface area (Å²) in [5, 5.41) is 0. The Balaban J connectivity index is 0.000000810. The van der Waals surface area contributed by atoms with Gasteiger partial charge in [0.25, 0.3) is 0 Å². The molecule has 2 N–H and O–H groups in total. The van der Waals surface area contributed by atoms with Crippen LogP contribution in [0.5, 0.6) is 5.75 Å². The van der Waals surface area contributed by atoms with Crippen molar-refractivity contribution in [3.8, 4) is 5.75 Å². The van der Waals surface area contributed by atoms with E-state index in [0.29, 0.717) is 0 Å². The summed E-state index contributed by atoms with van der Waals surface area (Å²) in [6.45, 7) is 0. The number of ether oxygens (including phenoxy) is 1. The maximum Gasteiger partial charge on any atom is 0.119 e. The number of hydrogen-bond acceptors (Lipinski definition) is 2. The van der Waals surface area contributed by atoms with E-state index < -0.39 is 0 Å². The van der Waals surface area contributed by atoms with Crippen LogP contribution in [0.4, 0.5) is 5.69 Å². The van der Waals surface area contributed by atoms with Crippen LogP contribution in [0.2, 0.25) is 0 Å². The van der Waals surface area contributed by atoms with Crippen molar-refractivity contribution in [2.75, 3.05) is 12.8 Å². The van der Waals surface area contributed by atoms with Gasteiger partial charge in [0.2, 0.25) is 0 Å². The molecule has 0 saturated heterocycles. The van der Waals surface area contributed by atoms with Gasteiger partial charge in [-0.05, 0) is 24.3 Å². The number of methoxy groups -OCH3 is 1. The van der Waals surface area contributed by atoms with E-state index in [9.17, 15) is 0 Å². The Labute approximate surface area is 66.4 Å². The molecule has 0 amide bonds. The molecular formula is C7H10ClNO. The standard InChI is InChI=1S/C7H9NO.ClH/c1-9-7-4-2-6(8)3-5-7;/h2-5H,8H2,1H3;1H. The molecule has 0 unspecified atom stereocenters. The summed E-state index contributed by atoms with van der Waals surface area (Å²) in [5.41, 5.74) is 6.19. The van der Waals surface area contributed by atoms with E-state index in [4.69, 9.17) is 10.5 Å². The summed E-state index contributed by atoms with van der Waals surface area (Å²) in [7, 11) is 1.63. The molecule has 56 valence electrons. The Morgan fingerprint density at radius 3 is 2.10 bits per heavy atom. The number of anilines is 1. The quantitative estimate of drug-likeness (QED) is 0.633. The summed E-state index contributed by atoms with van der Waals surface area (Å²) >= 11 is 0. The number of nitrogen functional groups attached to an aromatic ring is 1. The molecule has 0 aromatic heterocycles. The molecule has 2 nitrogen and oxygen atoms in total. The predicted molar refractivity (Wildman–Crippen MR) is 44.7 cm³/mol. The lowest BCUT2D eigenvalue weighted by atomic mass is 10.3. The Bertz CT molecular complexity index is 185. The van der Waals surface area contributed by atoms with E-state index in [-0.39, 0.29) is 12.4 Å². The van der Waals surface area contributed by atoms with Crippen LogP contribution in [0.25, 0.3) is 0 Å². The zero-order valence-corrected chi connectivity index (χ0v) is 6.52. The Kier molecular flexibility index (Phi) is 3.65. The van der Waals surface area contributed by atoms with Crippen molar-refractivity contribution in [3.05, 3.63) is 24.3 Å². The van der Waals surface area contributed by atoms with Crippen LogP contribution in [-0.4, -0.2) is 7.11 Å². The van der Waals surface area contributed by atoms with Gasteiger partial charge in [-0.15, -0.1) is 12.4 Å². The van der Waals surface area contributed by atoms with Crippen molar-refractivity contribution in [2.24, 2.45) is 0 Å². The highest BCUT2D eigenvalue weighted by molar-refractivity contribution is 5.85. The molecule has 0 aliphatic heterocycles. The van der Waals surface area contributed by atoms with Crippen molar-refractivity contribution in [1.82, 2.24) is 0 Å². The Morgan fingerprint density at radius 2 is 1.70 bits per heavy atom. The average Bonchev–Trinajstić information content (AvgIpc) is 1.90. The average molecular weight is 160 g/mol. The van der Waals surface area contributed by atoms with E-state index in [1.165, 1.54) is 0 Å². The topological polar surface area (TPSA) is 35.2 Å². The van der Waals surface area contributed by atoms with Crippen LogP contribution < -0.4 is 10.5 Å². The zero-order valence-electron chi connectivity index (χ0n) is 5.70. The van der Waals surface area contributed by atoms with Crippen LogP contribution >= 0.6 is 12.4 Å². The molecule has 0 atom stereocenters. The van der Waals surface area contributed by atoms with Gasteiger partial charge in [0.1, 0.15) is 5.75 Å². The third kappa shape index (κ3) is 2.15. The lowest BCUT2D eigenvalue weighted by Crippen LogP contribution is -1.84. The van der Waals surface area contributed by atoms with Gasteiger partial charge in [-0.1, -0.05) is 0 Å². The van der Waals surface area contributed by atoms with Gasteiger partial charge < -0.3 is 10.5 Å². The van der Waals surface area contributed by atoms with Gasteiger partial charge in [0.15, 0.2) is 0 Å². The zero-order chi connectivity index (χ0) is 6.69. The molecule has 0 aliphatic carbocycles. The second-order valence-electron chi connectivity index (χ2n) is 1.77. The first-order chi connectivity index (χ1) is 4.33. The Morgan fingerprint density at radius 1 is 1.20 bits per heavy atom. The molecular weight excluding hydrogens is 150 g/mol. The highest BCUT2D eigenvalue weighted by atomic mass is 35.5. The minimum atomic E-state index is 0. The summed E-state index contributed by atoms with van der Waals surface area (Å²) in [5.74, 6) is 0.837. The van der Waals surface area contributed by atoms with E-state index in [1.807, 2.05) is 12.1 Å². The van der Waals surface area contributed by atoms with Gasteiger partial charge in [-0.3, -0.25) is 0 Å².